The number of aromatic nitrogens is 1. The Balaban J connectivity index is 2.05. The van der Waals surface area contributed by atoms with Crippen LogP contribution in [-0.2, 0) is 6.61 Å². The number of ether oxygens (including phenoxy) is 1. The van der Waals surface area contributed by atoms with Gasteiger partial charge in [0, 0.05) is 16.7 Å². The molecule has 0 atom stereocenters. The summed E-state index contributed by atoms with van der Waals surface area (Å²) >= 11 is 3.20. The predicted molar refractivity (Wildman–Crippen MR) is 62.7 cm³/mol. The molecule has 1 aromatic carbocycles. The Bertz CT molecular complexity index is 455. The normalized spacial score (nSPS) is 10.1. The topological polar surface area (TPSA) is 22.1 Å². The number of halogens is 2. The van der Waals surface area contributed by atoms with Gasteiger partial charge in [-0.1, -0.05) is 22.0 Å². The molecule has 2 rings (SSSR count). The molecule has 0 radical (unpaired) electrons. The highest BCUT2D eigenvalue weighted by molar-refractivity contribution is 9.10. The minimum atomic E-state index is -0.328. The van der Waals surface area contributed by atoms with Crippen LogP contribution in [0.5, 0.6) is 5.75 Å². The van der Waals surface area contributed by atoms with Crippen molar-refractivity contribution in [1.29, 1.82) is 0 Å². The first kappa shape index (κ1) is 11.1. The molecule has 0 spiro atoms. The Labute approximate surface area is 101 Å². The molecule has 4 heteroatoms. The van der Waals surface area contributed by atoms with Gasteiger partial charge in [0.25, 0.3) is 0 Å². The zero-order valence-corrected chi connectivity index (χ0v) is 9.95. The monoisotopic (exact) mass is 281 g/mol. The van der Waals surface area contributed by atoms with E-state index in [1.54, 1.807) is 12.3 Å². The summed E-state index contributed by atoms with van der Waals surface area (Å²) in [4.78, 5) is 4.11. The maximum atomic E-state index is 13.0. The highest BCUT2D eigenvalue weighted by atomic mass is 79.9. The molecular formula is C12H9BrFNO. The van der Waals surface area contributed by atoms with E-state index in [-0.39, 0.29) is 5.82 Å². The summed E-state index contributed by atoms with van der Waals surface area (Å²) in [5.41, 5.74) is 0.808. The highest BCUT2D eigenvalue weighted by Gasteiger charge is 2.00. The van der Waals surface area contributed by atoms with Gasteiger partial charge in [0.1, 0.15) is 18.2 Å². The molecule has 0 amide bonds. The van der Waals surface area contributed by atoms with Crippen molar-refractivity contribution >= 4 is 15.9 Å². The average Bonchev–Trinajstić information content (AvgIpc) is 2.27. The fourth-order valence-corrected chi connectivity index (χ4v) is 1.70. The van der Waals surface area contributed by atoms with Crippen LogP contribution in [0.3, 0.4) is 0 Å². The highest BCUT2D eigenvalue weighted by Crippen LogP contribution is 2.21. The Hall–Kier alpha value is -1.42. The second-order valence-corrected chi connectivity index (χ2v) is 4.13. The van der Waals surface area contributed by atoms with E-state index in [4.69, 9.17) is 4.74 Å². The van der Waals surface area contributed by atoms with E-state index in [1.165, 1.54) is 12.1 Å². The van der Waals surface area contributed by atoms with E-state index in [0.29, 0.717) is 16.8 Å². The first-order chi connectivity index (χ1) is 7.74. The lowest BCUT2D eigenvalue weighted by Gasteiger charge is -2.06. The third-order valence-electron chi connectivity index (χ3n) is 1.95. The van der Waals surface area contributed by atoms with Crippen molar-refractivity contribution in [1.82, 2.24) is 4.98 Å². The Kier molecular flexibility index (Phi) is 3.51. The van der Waals surface area contributed by atoms with Crippen molar-refractivity contribution in [2.45, 2.75) is 6.61 Å². The SMILES string of the molecule is Fc1cc(Br)cc(OCc2ccccn2)c1. The van der Waals surface area contributed by atoms with Crippen molar-refractivity contribution in [3.63, 3.8) is 0 Å². The van der Waals surface area contributed by atoms with Crippen molar-refractivity contribution in [3.8, 4) is 5.75 Å². The number of pyridine rings is 1. The lowest BCUT2D eigenvalue weighted by molar-refractivity contribution is 0.299. The molecule has 0 unspecified atom stereocenters. The molecule has 0 aliphatic rings. The minimum Gasteiger partial charge on any atom is -0.487 e. The van der Waals surface area contributed by atoms with Crippen LogP contribution in [0.15, 0.2) is 47.1 Å². The van der Waals surface area contributed by atoms with Gasteiger partial charge in [-0.15, -0.1) is 0 Å². The first-order valence-electron chi connectivity index (χ1n) is 4.73. The molecule has 2 nitrogen and oxygen atoms in total. The van der Waals surface area contributed by atoms with Crippen LogP contribution in [0.25, 0.3) is 0 Å². The van der Waals surface area contributed by atoms with Crippen LogP contribution in [0.1, 0.15) is 5.69 Å². The lowest BCUT2D eigenvalue weighted by atomic mass is 10.3. The maximum absolute atomic E-state index is 13.0. The summed E-state index contributed by atoms with van der Waals surface area (Å²) in [6.45, 7) is 0.330. The van der Waals surface area contributed by atoms with Crippen LogP contribution in [0, 0.1) is 5.82 Å². The smallest absolute Gasteiger partial charge is 0.130 e. The molecule has 0 aliphatic heterocycles. The van der Waals surface area contributed by atoms with Gasteiger partial charge >= 0.3 is 0 Å². The average molecular weight is 282 g/mol. The van der Waals surface area contributed by atoms with E-state index in [9.17, 15) is 4.39 Å². The molecule has 1 heterocycles. The van der Waals surface area contributed by atoms with E-state index in [2.05, 4.69) is 20.9 Å². The second kappa shape index (κ2) is 5.07. The van der Waals surface area contributed by atoms with Gasteiger partial charge in [-0.3, -0.25) is 4.98 Å². The van der Waals surface area contributed by atoms with Crippen LogP contribution < -0.4 is 4.74 Å². The summed E-state index contributed by atoms with van der Waals surface area (Å²) in [6, 6.07) is 10.0. The molecule has 0 saturated carbocycles. The van der Waals surface area contributed by atoms with E-state index in [0.717, 1.165) is 5.69 Å². The summed E-state index contributed by atoms with van der Waals surface area (Å²) < 4.78 is 19.1. The lowest BCUT2D eigenvalue weighted by Crippen LogP contribution is -1.97. The fourth-order valence-electron chi connectivity index (χ4n) is 1.25. The van der Waals surface area contributed by atoms with Gasteiger partial charge in [-0.05, 0) is 24.3 Å². The van der Waals surface area contributed by atoms with Crippen LogP contribution in [0.2, 0.25) is 0 Å². The summed E-state index contributed by atoms with van der Waals surface area (Å²) in [6.07, 6.45) is 1.69. The number of hydrogen-bond donors (Lipinski definition) is 0. The summed E-state index contributed by atoms with van der Waals surface area (Å²) in [5.74, 6) is 0.155. The molecule has 16 heavy (non-hydrogen) atoms. The van der Waals surface area contributed by atoms with Crippen LogP contribution >= 0.6 is 15.9 Å². The number of rotatable bonds is 3. The van der Waals surface area contributed by atoms with Gasteiger partial charge in [-0.2, -0.15) is 0 Å². The quantitative estimate of drug-likeness (QED) is 0.858. The minimum absolute atomic E-state index is 0.328. The zero-order valence-electron chi connectivity index (χ0n) is 8.36. The molecule has 0 N–H and O–H groups in total. The summed E-state index contributed by atoms with van der Waals surface area (Å²) in [5, 5.41) is 0. The van der Waals surface area contributed by atoms with Gasteiger partial charge in [0.05, 0.1) is 5.69 Å². The first-order valence-corrected chi connectivity index (χ1v) is 5.52. The van der Waals surface area contributed by atoms with Gasteiger partial charge < -0.3 is 4.74 Å². The largest absolute Gasteiger partial charge is 0.487 e. The molecule has 0 saturated heterocycles. The standard InChI is InChI=1S/C12H9BrFNO/c13-9-5-10(14)7-12(6-9)16-8-11-3-1-2-4-15-11/h1-7H,8H2. The Morgan fingerprint density at radius 3 is 2.81 bits per heavy atom. The van der Waals surface area contributed by atoms with Crippen molar-refractivity contribution in [2.75, 3.05) is 0 Å². The molecular weight excluding hydrogens is 273 g/mol. The third kappa shape index (κ3) is 3.03. The molecule has 0 bridgehead atoms. The van der Waals surface area contributed by atoms with E-state index < -0.39 is 0 Å². The second-order valence-electron chi connectivity index (χ2n) is 3.21. The Morgan fingerprint density at radius 2 is 2.12 bits per heavy atom. The van der Waals surface area contributed by atoms with E-state index in [1.807, 2.05) is 18.2 Å². The van der Waals surface area contributed by atoms with Gasteiger partial charge in [0.15, 0.2) is 0 Å². The molecule has 1 aromatic heterocycles. The maximum Gasteiger partial charge on any atom is 0.130 e. The number of nitrogens with zero attached hydrogens (tertiary/aromatic N) is 1. The predicted octanol–water partition coefficient (Wildman–Crippen LogP) is 3.56. The zero-order chi connectivity index (χ0) is 11.4. The van der Waals surface area contributed by atoms with Crippen molar-refractivity contribution in [3.05, 3.63) is 58.6 Å². The summed E-state index contributed by atoms with van der Waals surface area (Å²) in [7, 11) is 0. The Morgan fingerprint density at radius 1 is 1.25 bits per heavy atom. The number of hydrogen-bond acceptors (Lipinski definition) is 2. The molecule has 0 aliphatic carbocycles. The number of benzene rings is 1. The van der Waals surface area contributed by atoms with Crippen LogP contribution in [0.4, 0.5) is 4.39 Å². The fraction of sp³-hybridized carbons (Fsp3) is 0.0833. The third-order valence-corrected chi connectivity index (χ3v) is 2.41. The van der Waals surface area contributed by atoms with Crippen molar-refractivity contribution < 1.29 is 9.13 Å². The van der Waals surface area contributed by atoms with Gasteiger partial charge in [-0.25, -0.2) is 4.39 Å². The van der Waals surface area contributed by atoms with Crippen LogP contribution in [-0.4, -0.2) is 4.98 Å². The van der Waals surface area contributed by atoms with Crippen molar-refractivity contribution in [2.24, 2.45) is 0 Å². The van der Waals surface area contributed by atoms with Gasteiger partial charge in [0.2, 0.25) is 0 Å². The molecule has 82 valence electrons. The molecule has 2 aromatic rings. The molecule has 0 fully saturated rings. The van der Waals surface area contributed by atoms with E-state index >= 15 is 0 Å².